The Hall–Kier alpha value is -4.65. The molecule has 0 saturated carbocycles. The Bertz CT molecular complexity index is 2080. The summed E-state index contributed by atoms with van der Waals surface area (Å²) in [6, 6.07) is 19.5. The Morgan fingerprint density at radius 1 is 0.943 bits per heavy atom. The van der Waals surface area contributed by atoms with Crippen molar-refractivity contribution in [2.45, 2.75) is 77.0 Å². The number of urea groups is 1. The maximum absolute atomic E-state index is 13.8. The maximum atomic E-state index is 13.8. The number of aromatic nitrogens is 5. The van der Waals surface area contributed by atoms with Crippen LogP contribution >= 0.6 is 11.6 Å². The molecule has 3 aromatic heterocycles. The molecule has 3 aliphatic rings. The summed E-state index contributed by atoms with van der Waals surface area (Å²) in [6.45, 7) is 12.2. The number of fused-ring (bicyclic) bond motifs is 2. The first kappa shape index (κ1) is 35.4. The van der Waals surface area contributed by atoms with Crippen molar-refractivity contribution in [3.05, 3.63) is 94.3 Å². The lowest BCUT2D eigenvalue weighted by Gasteiger charge is -2.32. The average Bonchev–Trinajstić information content (AvgIpc) is 3.79. The highest BCUT2D eigenvalue weighted by Gasteiger charge is 2.30. The largest absolute Gasteiger partial charge is 0.484 e. The van der Waals surface area contributed by atoms with E-state index in [2.05, 4.69) is 69.6 Å². The van der Waals surface area contributed by atoms with Gasteiger partial charge in [-0.2, -0.15) is 5.10 Å². The van der Waals surface area contributed by atoms with Crippen LogP contribution in [0.15, 0.2) is 66.9 Å². The number of amides is 2. The summed E-state index contributed by atoms with van der Waals surface area (Å²) in [6.07, 6.45) is 6.88. The fourth-order valence-electron chi connectivity index (χ4n) is 7.58. The number of hydrogen-bond donors (Lipinski definition) is 2. The molecular formula is C40H48ClN9O3. The van der Waals surface area contributed by atoms with Gasteiger partial charge >= 0.3 is 6.03 Å². The first-order valence-corrected chi connectivity index (χ1v) is 19.2. The van der Waals surface area contributed by atoms with E-state index >= 15 is 0 Å². The Balaban J connectivity index is 0.993. The molecule has 2 aromatic carbocycles. The molecule has 0 unspecified atom stereocenters. The molecule has 278 valence electrons. The van der Waals surface area contributed by atoms with E-state index in [0.29, 0.717) is 30.6 Å². The number of piperidine rings is 1. The van der Waals surface area contributed by atoms with Gasteiger partial charge in [0, 0.05) is 49.2 Å². The summed E-state index contributed by atoms with van der Waals surface area (Å²) in [4.78, 5) is 18.4. The molecule has 5 heterocycles. The van der Waals surface area contributed by atoms with E-state index in [1.54, 1.807) is 4.68 Å². The molecule has 8 rings (SSSR count). The van der Waals surface area contributed by atoms with Gasteiger partial charge in [-0.05, 0) is 79.1 Å². The van der Waals surface area contributed by atoms with Crippen molar-refractivity contribution in [3.8, 4) is 11.4 Å². The summed E-state index contributed by atoms with van der Waals surface area (Å²) < 4.78 is 16.0. The van der Waals surface area contributed by atoms with Gasteiger partial charge in [-0.25, -0.2) is 9.48 Å². The van der Waals surface area contributed by atoms with Crippen LogP contribution in [-0.2, 0) is 16.7 Å². The van der Waals surface area contributed by atoms with Crippen molar-refractivity contribution < 1.29 is 14.3 Å². The summed E-state index contributed by atoms with van der Waals surface area (Å²) in [7, 11) is 0. The van der Waals surface area contributed by atoms with Gasteiger partial charge < -0.3 is 19.7 Å². The summed E-state index contributed by atoms with van der Waals surface area (Å²) in [5.74, 6) is 2.22. The lowest BCUT2D eigenvalue weighted by atomic mass is 9.85. The number of hydrogen-bond acceptors (Lipinski definition) is 8. The Kier molecular flexibility index (Phi) is 10.0. The molecule has 0 bridgehead atoms. The molecule has 0 radical (unpaired) electrons. The van der Waals surface area contributed by atoms with Crippen molar-refractivity contribution in [1.29, 1.82) is 0 Å². The van der Waals surface area contributed by atoms with Gasteiger partial charge in [0.05, 0.1) is 36.8 Å². The SMILES string of the molecule is CC(C)(C)c1cc(NC(=O)N[C@H]2CC[C@@H](Oc3ccc4nnc(N5CCCCC5)n4c3)c3ccccc32)n(-c2ccc(Cl)c(CN3CCOCC3)c2)n1. The molecule has 2 saturated heterocycles. The zero-order chi connectivity index (χ0) is 36.5. The molecule has 1 aliphatic carbocycles. The molecule has 53 heavy (non-hydrogen) atoms. The fourth-order valence-corrected chi connectivity index (χ4v) is 7.76. The van der Waals surface area contributed by atoms with Crippen molar-refractivity contribution in [1.82, 2.24) is 34.6 Å². The monoisotopic (exact) mass is 737 g/mol. The number of ether oxygens (including phenoxy) is 2. The van der Waals surface area contributed by atoms with Crippen LogP contribution in [0.2, 0.25) is 5.02 Å². The van der Waals surface area contributed by atoms with Crippen LogP contribution in [0.5, 0.6) is 5.75 Å². The van der Waals surface area contributed by atoms with Crippen LogP contribution in [-0.4, -0.2) is 74.7 Å². The molecule has 0 spiro atoms. The topological polar surface area (TPSA) is 114 Å². The molecule has 5 aromatic rings. The van der Waals surface area contributed by atoms with Gasteiger partial charge in [0.25, 0.3) is 0 Å². The molecule has 2 atom stereocenters. The van der Waals surface area contributed by atoms with Crippen molar-refractivity contribution in [2.75, 3.05) is 49.6 Å². The zero-order valence-electron chi connectivity index (χ0n) is 30.7. The van der Waals surface area contributed by atoms with Crippen LogP contribution in [0.4, 0.5) is 16.6 Å². The second-order valence-corrected chi connectivity index (χ2v) is 15.8. The third kappa shape index (κ3) is 7.71. The highest BCUT2D eigenvalue weighted by atomic mass is 35.5. The first-order valence-electron chi connectivity index (χ1n) is 18.8. The van der Waals surface area contributed by atoms with Gasteiger partial charge in [0.1, 0.15) is 17.7 Å². The van der Waals surface area contributed by atoms with E-state index in [-0.39, 0.29) is 23.6 Å². The van der Waals surface area contributed by atoms with E-state index in [1.165, 1.54) is 6.42 Å². The number of rotatable bonds is 8. The van der Waals surface area contributed by atoms with Crippen molar-refractivity contribution in [3.63, 3.8) is 0 Å². The van der Waals surface area contributed by atoms with E-state index in [1.807, 2.05) is 53.1 Å². The third-order valence-electron chi connectivity index (χ3n) is 10.5. The number of pyridine rings is 1. The average molecular weight is 738 g/mol. The van der Waals surface area contributed by atoms with Crippen LogP contribution in [0.1, 0.15) is 87.4 Å². The molecule has 2 fully saturated rings. The Labute approximate surface area is 315 Å². The number of morpholine rings is 1. The van der Waals surface area contributed by atoms with Crippen LogP contribution in [0.3, 0.4) is 0 Å². The standard InChI is InChI=1S/C40H48ClN9O3/c1-40(2,3)35-24-37(50(46-35)28-11-13-32(41)27(23-28)25-47-19-21-52-22-20-47)43-38(51)42-33-14-15-34(31-10-6-5-9-30(31)33)53-29-12-16-36-44-45-39(49(36)26-29)48-17-7-4-8-18-48/h5-6,9-13,16,23-24,26,33-34H,4,7-8,14-15,17-22,25H2,1-3H3,(H2,42,43,51)/t33-,34+/m0/s1. The Morgan fingerprint density at radius 2 is 1.74 bits per heavy atom. The van der Waals surface area contributed by atoms with Gasteiger partial charge in [-0.1, -0.05) is 56.6 Å². The minimum absolute atomic E-state index is 0.160. The maximum Gasteiger partial charge on any atom is 0.320 e. The van der Waals surface area contributed by atoms with Crippen molar-refractivity contribution in [2.24, 2.45) is 0 Å². The number of halogens is 1. The van der Waals surface area contributed by atoms with Crippen LogP contribution in [0.25, 0.3) is 11.3 Å². The molecule has 13 heteroatoms. The molecule has 2 amide bonds. The van der Waals surface area contributed by atoms with E-state index in [0.717, 1.165) is 97.3 Å². The van der Waals surface area contributed by atoms with Gasteiger partial charge in [0.15, 0.2) is 5.65 Å². The Morgan fingerprint density at radius 3 is 2.53 bits per heavy atom. The predicted molar refractivity (Wildman–Crippen MR) is 206 cm³/mol. The predicted octanol–water partition coefficient (Wildman–Crippen LogP) is 7.47. The number of benzene rings is 2. The van der Waals surface area contributed by atoms with Crippen molar-refractivity contribution >= 4 is 35.0 Å². The first-order chi connectivity index (χ1) is 25.7. The zero-order valence-corrected chi connectivity index (χ0v) is 31.5. The molecular weight excluding hydrogens is 690 g/mol. The normalized spacial score (nSPS) is 19.6. The quantitative estimate of drug-likeness (QED) is 0.169. The number of nitrogens with zero attached hydrogens (tertiary/aromatic N) is 7. The fraction of sp³-hybridized carbons (Fsp3) is 0.450. The lowest BCUT2D eigenvalue weighted by Crippen LogP contribution is -2.36. The second kappa shape index (κ2) is 15.0. The van der Waals surface area contributed by atoms with Crippen LogP contribution in [0, 0.1) is 0 Å². The highest BCUT2D eigenvalue weighted by molar-refractivity contribution is 6.31. The van der Waals surface area contributed by atoms with E-state index in [9.17, 15) is 4.79 Å². The summed E-state index contributed by atoms with van der Waals surface area (Å²) in [5.41, 5.74) is 5.40. The van der Waals surface area contributed by atoms with E-state index < -0.39 is 0 Å². The minimum Gasteiger partial charge on any atom is -0.484 e. The molecule has 12 nitrogen and oxygen atoms in total. The lowest BCUT2D eigenvalue weighted by molar-refractivity contribution is 0.0342. The minimum atomic E-state index is -0.295. The molecule has 2 N–H and O–H groups in total. The van der Waals surface area contributed by atoms with E-state index in [4.69, 9.17) is 26.2 Å². The molecule has 2 aliphatic heterocycles. The van der Waals surface area contributed by atoms with Crippen LogP contribution < -0.4 is 20.3 Å². The van der Waals surface area contributed by atoms with Gasteiger partial charge in [0.2, 0.25) is 5.95 Å². The smallest absolute Gasteiger partial charge is 0.320 e. The number of carbonyl (C=O) groups is 1. The number of nitrogens with one attached hydrogen (secondary N) is 2. The highest BCUT2D eigenvalue weighted by Crippen LogP contribution is 2.39. The van der Waals surface area contributed by atoms with Gasteiger partial charge in [-0.3, -0.25) is 14.6 Å². The van der Waals surface area contributed by atoms with Gasteiger partial charge in [-0.15, -0.1) is 10.2 Å². The summed E-state index contributed by atoms with van der Waals surface area (Å²) >= 11 is 6.68. The third-order valence-corrected chi connectivity index (χ3v) is 10.9. The number of anilines is 2. The number of carbonyl (C=O) groups excluding carboxylic acids is 1. The second-order valence-electron chi connectivity index (χ2n) is 15.3. The summed E-state index contributed by atoms with van der Waals surface area (Å²) in [5, 5.41) is 21.0.